The van der Waals surface area contributed by atoms with Crippen LogP contribution in [0.1, 0.15) is 36.7 Å². The molecule has 0 amide bonds. The predicted molar refractivity (Wildman–Crippen MR) is 94.1 cm³/mol. The molecule has 0 unspecified atom stereocenters. The van der Waals surface area contributed by atoms with Gasteiger partial charge in [0.2, 0.25) is 5.95 Å². The largest absolute Gasteiger partial charge is 0.378 e. The molecule has 4 nitrogen and oxygen atoms in total. The Bertz CT molecular complexity index is 615. The van der Waals surface area contributed by atoms with Gasteiger partial charge in [0.05, 0.1) is 18.9 Å². The van der Waals surface area contributed by atoms with E-state index < -0.39 is 0 Å². The van der Waals surface area contributed by atoms with Gasteiger partial charge in [0.25, 0.3) is 0 Å². The Hall–Kier alpha value is -1.81. The number of unbranched alkanes of at least 4 members (excludes halogenated alkanes) is 1. The fourth-order valence-corrected chi connectivity index (χ4v) is 3.21. The molecule has 1 aliphatic rings. The fraction of sp³-hybridized carbons (Fsp3) is 0.526. The van der Waals surface area contributed by atoms with E-state index in [0.29, 0.717) is 0 Å². The molecule has 1 aromatic carbocycles. The van der Waals surface area contributed by atoms with Crippen molar-refractivity contribution < 1.29 is 4.74 Å². The molecule has 0 bridgehead atoms. The molecular formula is C19H27N3O. The van der Waals surface area contributed by atoms with E-state index in [2.05, 4.69) is 53.8 Å². The highest BCUT2D eigenvalue weighted by Gasteiger charge is 2.20. The van der Waals surface area contributed by atoms with Crippen LogP contribution < -0.4 is 4.90 Å². The summed E-state index contributed by atoms with van der Waals surface area (Å²) in [4.78, 5) is 7.37. The maximum Gasteiger partial charge on any atom is 0.205 e. The van der Waals surface area contributed by atoms with E-state index in [0.717, 1.165) is 45.1 Å². The van der Waals surface area contributed by atoms with Crippen LogP contribution in [0.25, 0.3) is 0 Å². The molecule has 1 aromatic heterocycles. The number of nitrogens with zero attached hydrogens (tertiary/aromatic N) is 3. The van der Waals surface area contributed by atoms with Gasteiger partial charge in [-0.25, -0.2) is 4.98 Å². The quantitative estimate of drug-likeness (QED) is 0.820. The smallest absolute Gasteiger partial charge is 0.205 e. The summed E-state index contributed by atoms with van der Waals surface area (Å²) < 4.78 is 7.78. The molecule has 0 saturated carbocycles. The standard InChI is InChI=1S/C19H27N3O/c1-3-4-10-18-17(15-16-8-6-5-7-9-16)20-19(21(18)2)22-11-13-23-14-12-22/h5-9H,3-4,10-15H2,1-2H3. The number of hydrogen-bond donors (Lipinski definition) is 0. The Morgan fingerprint density at radius 3 is 2.57 bits per heavy atom. The first-order valence-corrected chi connectivity index (χ1v) is 8.70. The summed E-state index contributed by atoms with van der Waals surface area (Å²) in [5, 5.41) is 0. The van der Waals surface area contributed by atoms with E-state index in [4.69, 9.17) is 9.72 Å². The van der Waals surface area contributed by atoms with E-state index in [-0.39, 0.29) is 0 Å². The van der Waals surface area contributed by atoms with Gasteiger partial charge in [-0.1, -0.05) is 43.7 Å². The van der Waals surface area contributed by atoms with Crippen LogP contribution in [0.15, 0.2) is 30.3 Å². The zero-order valence-electron chi connectivity index (χ0n) is 14.3. The summed E-state index contributed by atoms with van der Waals surface area (Å²) in [6.07, 6.45) is 4.44. The summed E-state index contributed by atoms with van der Waals surface area (Å²) in [7, 11) is 2.16. The number of imidazole rings is 1. The lowest BCUT2D eigenvalue weighted by molar-refractivity contribution is 0.121. The average Bonchev–Trinajstić information content (AvgIpc) is 2.90. The molecule has 3 rings (SSSR count). The lowest BCUT2D eigenvalue weighted by Gasteiger charge is -2.27. The number of hydrogen-bond acceptors (Lipinski definition) is 3. The van der Waals surface area contributed by atoms with Crippen LogP contribution in [-0.4, -0.2) is 35.9 Å². The van der Waals surface area contributed by atoms with Gasteiger partial charge in [0, 0.05) is 32.3 Å². The summed E-state index contributed by atoms with van der Waals surface area (Å²) >= 11 is 0. The molecule has 0 spiro atoms. The van der Waals surface area contributed by atoms with Gasteiger partial charge in [-0.2, -0.15) is 0 Å². The molecule has 0 aliphatic carbocycles. The van der Waals surface area contributed by atoms with Gasteiger partial charge < -0.3 is 14.2 Å². The van der Waals surface area contributed by atoms with E-state index in [1.807, 2.05) is 0 Å². The maximum absolute atomic E-state index is 5.48. The van der Waals surface area contributed by atoms with Crippen LogP contribution in [0.4, 0.5) is 5.95 Å². The Morgan fingerprint density at radius 1 is 1.13 bits per heavy atom. The van der Waals surface area contributed by atoms with Crippen molar-refractivity contribution in [3.8, 4) is 0 Å². The topological polar surface area (TPSA) is 30.3 Å². The first kappa shape index (κ1) is 16.1. The molecule has 1 saturated heterocycles. The zero-order valence-corrected chi connectivity index (χ0v) is 14.3. The minimum Gasteiger partial charge on any atom is -0.378 e. The second-order valence-corrected chi connectivity index (χ2v) is 6.23. The molecular weight excluding hydrogens is 286 g/mol. The van der Waals surface area contributed by atoms with Crippen LogP contribution >= 0.6 is 0 Å². The van der Waals surface area contributed by atoms with Gasteiger partial charge in [-0.15, -0.1) is 0 Å². The molecule has 124 valence electrons. The van der Waals surface area contributed by atoms with Gasteiger partial charge >= 0.3 is 0 Å². The maximum atomic E-state index is 5.48. The van der Waals surface area contributed by atoms with Crippen LogP contribution in [-0.2, 0) is 24.6 Å². The number of benzene rings is 1. The number of ether oxygens (including phenoxy) is 1. The molecule has 0 atom stereocenters. The lowest BCUT2D eigenvalue weighted by atomic mass is 10.1. The first-order valence-electron chi connectivity index (χ1n) is 8.70. The Balaban J connectivity index is 1.89. The summed E-state index contributed by atoms with van der Waals surface area (Å²) in [5.74, 6) is 1.10. The Morgan fingerprint density at radius 2 is 1.87 bits per heavy atom. The average molecular weight is 313 g/mol. The zero-order chi connectivity index (χ0) is 16.1. The lowest BCUT2D eigenvalue weighted by Crippen LogP contribution is -2.37. The third-order valence-electron chi connectivity index (χ3n) is 4.55. The first-order chi connectivity index (χ1) is 11.3. The van der Waals surface area contributed by atoms with E-state index >= 15 is 0 Å². The molecule has 0 N–H and O–H groups in total. The summed E-state index contributed by atoms with van der Waals surface area (Å²) in [6.45, 7) is 5.71. The molecule has 1 aliphatic heterocycles. The number of anilines is 1. The van der Waals surface area contributed by atoms with E-state index in [1.54, 1.807) is 0 Å². The molecule has 2 heterocycles. The summed E-state index contributed by atoms with van der Waals surface area (Å²) in [5.41, 5.74) is 3.95. The van der Waals surface area contributed by atoms with E-state index in [1.165, 1.54) is 29.8 Å². The molecule has 2 aromatic rings. The van der Waals surface area contributed by atoms with Crippen LogP contribution in [0.5, 0.6) is 0 Å². The monoisotopic (exact) mass is 313 g/mol. The van der Waals surface area contributed by atoms with Crippen LogP contribution in [0, 0.1) is 0 Å². The van der Waals surface area contributed by atoms with Gasteiger partial charge in [-0.3, -0.25) is 0 Å². The van der Waals surface area contributed by atoms with E-state index in [9.17, 15) is 0 Å². The normalized spacial score (nSPS) is 15.1. The predicted octanol–water partition coefficient (Wildman–Crippen LogP) is 3.19. The molecule has 23 heavy (non-hydrogen) atoms. The van der Waals surface area contributed by atoms with Crippen molar-refractivity contribution in [1.82, 2.24) is 9.55 Å². The molecule has 4 heteroatoms. The number of rotatable bonds is 6. The van der Waals surface area contributed by atoms with Crippen molar-refractivity contribution in [2.75, 3.05) is 31.2 Å². The van der Waals surface area contributed by atoms with Crippen molar-refractivity contribution in [3.63, 3.8) is 0 Å². The SMILES string of the molecule is CCCCc1c(Cc2ccccc2)nc(N2CCOCC2)n1C. The van der Waals surface area contributed by atoms with Crippen molar-refractivity contribution in [2.45, 2.75) is 32.6 Å². The molecule has 0 radical (unpaired) electrons. The minimum absolute atomic E-state index is 0.797. The van der Waals surface area contributed by atoms with Crippen LogP contribution in [0.2, 0.25) is 0 Å². The fourth-order valence-electron chi connectivity index (χ4n) is 3.21. The summed E-state index contributed by atoms with van der Waals surface area (Å²) in [6, 6.07) is 10.7. The number of aromatic nitrogens is 2. The third-order valence-corrected chi connectivity index (χ3v) is 4.55. The van der Waals surface area contributed by atoms with Crippen molar-refractivity contribution in [3.05, 3.63) is 47.3 Å². The van der Waals surface area contributed by atoms with Gasteiger partial charge in [-0.05, 0) is 18.4 Å². The Labute approximate surface area is 139 Å². The minimum atomic E-state index is 0.797. The highest BCUT2D eigenvalue weighted by Crippen LogP contribution is 2.23. The molecule has 1 fully saturated rings. The van der Waals surface area contributed by atoms with Crippen molar-refractivity contribution >= 4 is 5.95 Å². The second kappa shape index (κ2) is 7.64. The Kier molecular flexibility index (Phi) is 5.34. The van der Waals surface area contributed by atoms with Crippen LogP contribution in [0.3, 0.4) is 0 Å². The highest BCUT2D eigenvalue weighted by atomic mass is 16.5. The van der Waals surface area contributed by atoms with Gasteiger partial charge in [0.1, 0.15) is 0 Å². The van der Waals surface area contributed by atoms with Crippen molar-refractivity contribution in [2.24, 2.45) is 7.05 Å². The second-order valence-electron chi connectivity index (χ2n) is 6.23. The highest BCUT2D eigenvalue weighted by molar-refractivity contribution is 5.39. The number of morpholine rings is 1. The van der Waals surface area contributed by atoms with Gasteiger partial charge in [0.15, 0.2) is 0 Å². The van der Waals surface area contributed by atoms with Crippen molar-refractivity contribution in [1.29, 1.82) is 0 Å². The third kappa shape index (κ3) is 3.75.